The molecule has 0 saturated carbocycles. The van der Waals surface area contributed by atoms with Crippen molar-refractivity contribution in [1.82, 2.24) is 4.90 Å². The van der Waals surface area contributed by atoms with Gasteiger partial charge in [0, 0.05) is 49.3 Å². The van der Waals surface area contributed by atoms with Crippen LogP contribution in [0, 0.1) is 11.6 Å². The lowest BCUT2D eigenvalue weighted by Gasteiger charge is -2.35. The van der Waals surface area contributed by atoms with E-state index >= 15 is 0 Å². The van der Waals surface area contributed by atoms with Crippen molar-refractivity contribution in [3.05, 3.63) is 65.9 Å². The van der Waals surface area contributed by atoms with Crippen LogP contribution in [0.2, 0.25) is 0 Å². The number of hydrogen-bond donors (Lipinski definition) is 1. The van der Waals surface area contributed by atoms with Crippen molar-refractivity contribution in [2.24, 2.45) is 0 Å². The van der Waals surface area contributed by atoms with E-state index in [1.807, 2.05) is 6.20 Å². The molecule has 4 rings (SSSR count). The third kappa shape index (κ3) is 3.07. The topological polar surface area (TPSA) is 35.6 Å². The fourth-order valence-electron chi connectivity index (χ4n) is 3.23. The molecule has 2 heterocycles. The first-order valence-corrected chi connectivity index (χ1v) is 8.18. The summed E-state index contributed by atoms with van der Waals surface area (Å²) in [5.41, 5.74) is 2.72. The molecule has 0 bridgehead atoms. The number of piperazine rings is 1. The molecule has 2 aromatic carbocycles. The number of anilines is 2. The Hall–Kier alpha value is -2.89. The van der Waals surface area contributed by atoms with Crippen LogP contribution in [0.1, 0.15) is 5.56 Å². The van der Waals surface area contributed by atoms with Crippen LogP contribution in [0.5, 0.6) is 0 Å². The molecule has 2 aliphatic rings. The van der Waals surface area contributed by atoms with Gasteiger partial charge in [0.25, 0.3) is 5.91 Å². The summed E-state index contributed by atoms with van der Waals surface area (Å²) < 4.78 is 26.5. The zero-order valence-corrected chi connectivity index (χ0v) is 13.5. The number of halogens is 2. The lowest BCUT2D eigenvalue weighted by molar-refractivity contribution is -0.110. The first-order chi connectivity index (χ1) is 12.1. The standard InChI is InChI=1S/C19H17F2N3O/c20-13-1-4-15(5-2-13)24-9-7-23(8-10-24)12-17-16-11-14(21)3-6-18(16)22-19(17)25/h1-6,11-12H,7-10H2,(H,22,25)/b17-12+. The van der Waals surface area contributed by atoms with Gasteiger partial charge in [-0.1, -0.05) is 0 Å². The molecule has 0 atom stereocenters. The number of nitrogens with zero attached hydrogens (tertiary/aromatic N) is 2. The minimum atomic E-state index is -0.359. The van der Waals surface area contributed by atoms with E-state index in [0.717, 1.165) is 31.9 Å². The van der Waals surface area contributed by atoms with Crippen LogP contribution in [-0.4, -0.2) is 37.0 Å². The lowest BCUT2D eigenvalue weighted by atomic mass is 10.1. The van der Waals surface area contributed by atoms with E-state index in [2.05, 4.69) is 15.1 Å². The predicted molar refractivity (Wildman–Crippen MR) is 93.2 cm³/mol. The molecule has 0 unspecified atom stereocenters. The second-order valence-corrected chi connectivity index (χ2v) is 6.19. The summed E-state index contributed by atoms with van der Waals surface area (Å²) in [6, 6.07) is 10.8. The molecule has 0 aromatic heterocycles. The molecule has 0 aliphatic carbocycles. The molecule has 25 heavy (non-hydrogen) atoms. The number of rotatable bonds is 2. The van der Waals surface area contributed by atoms with Crippen LogP contribution in [0.25, 0.3) is 5.57 Å². The zero-order chi connectivity index (χ0) is 17.4. The van der Waals surface area contributed by atoms with Crippen molar-refractivity contribution in [3.63, 3.8) is 0 Å². The maximum absolute atomic E-state index is 13.5. The number of nitrogens with one attached hydrogen (secondary N) is 1. The monoisotopic (exact) mass is 341 g/mol. The van der Waals surface area contributed by atoms with Crippen LogP contribution in [0.15, 0.2) is 48.7 Å². The number of amides is 1. The summed E-state index contributed by atoms with van der Waals surface area (Å²) in [4.78, 5) is 16.4. The highest BCUT2D eigenvalue weighted by atomic mass is 19.1. The molecule has 0 radical (unpaired) electrons. The summed E-state index contributed by atoms with van der Waals surface area (Å²) in [7, 11) is 0. The average molecular weight is 341 g/mol. The molecule has 4 nitrogen and oxygen atoms in total. The van der Waals surface area contributed by atoms with Gasteiger partial charge in [0.05, 0.1) is 5.57 Å². The van der Waals surface area contributed by atoms with Gasteiger partial charge in [0.15, 0.2) is 0 Å². The highest BCUT2D eigenvalue weighted by Crippen LogP contribution is 2.32. The van der Waals surface area contributed by atoms with Gasteiger partial charge < -0.3 is 15.1 Å². The lowest BCUT2D eigenvalue weighted by Crippen LogP contribution is -2.44. The second-order valence-electron chi connectivity index (χ2n) is 6.19. The van der Waals surface area contributed by atoms with E-state index in [4.69, 9.17) is 0 Å². The molecule has 1 N–H and O–H groups in total. The number of fused-ring (bicyclic) bond motifs is 1. The molecule has 0 spiro atoms. The molecule has 6 heteroatoms. The molecule has 2 aromatic rings. The first kappa shape index (κ1) is 15.6. The Labute approximate surface area is 144 Å². The Bertz CT molecular complexity index is 840. The van der Waals surface area contributed by atoms with Gasteiger partial charge in [0.1, 0.15) is 11.6 Å². The van der Waals surface area contributed by atoms with Gasteiger partial charge in [-0.15, -0.1) is 0 Å². The van der Waals surface area contributed by atoms with Gasteiger partial charge in [0.2, 0.25) is 0 Å². The van der Waals surface area contributed by atoms with Crippen LogP contribution in [0.3, 0.4) is 0 Å². The fraction of sp³-hybridized carbons (Fsp3) is 0.211. The van der Waals surface area contributed by atoms with E-state index < -0.39 is 0 Å². The predicted octanol–water partition coefficient (Wildman–Crippen LogP) is 3.08. The van der Waals surface area contributed by atoms with Gasteiger partial charge in [-0.3, -0.25) is 4.79 Å². The number of hydrogen-bond acceptors (Lipinski definition) is 3. The molecule has 1 saturated heterocycles. The zero-order valence-electron chi connectivity index (χ0n) is 13.5. The van der Waals surface area contributed by atoms with Gasteiger partial charge >= 0.3 is 0 Å². The summed E-state index contributed by atoms with van der Waals surface area (Å²) in [6.45, 7) is 3.01. The number of benzene rings is 2. The minimum absolute atomic E-state index is 0.207. The second kappa shape index (κ2) is 6.20. The van der Waals surface area contributed by atoms with Crippen LogP contribution in [-0.2, 0) is 4.79 Å². The molecule has 1 amide bonds. The quantitative estimate of drug-likeness (QED) is 0.853. The first-order valence-electron chi connectivity index (χ1n) is 8.18. The average Bonchev–Trinajstić information content (AvgIpc) is 2.92. The minimum Gasteiger partial charge on any atom is -0.373 e. The number of carbonyl (C=O) groups excluding carboxylic acids is 1. The highest BCUT2D eigenvalue weighted by Gasteiger charge is 2.26. The van der Waals surface area contributed by atoms with Crippen molar-refractivity contribution < 1.29 is 13.6 Å². The Morgan fingerprint density at radius 2 is 1.60 bits per heavy atom. The molecular formula is C19H17F2N3O. The van der Waals surface area contributed by atoms with E-state index in [9.17, 15) is 13.6 Å². The van der Waals surface area contributed by atoms with Crippen molar-refractivity contribution >= 4 is 22.9 Å². The Kier molecular flexibility index (Phi) is 3.87. The highest BCUT2D eigenvalue weighted by molar-refractivity contribution is 6.31. The summed E-state index contributed by atoms with van der Waals surface area (Å²) in [6.07, 6.45) is 1.81. The normalized spacial score (nSPS) is 18.5. The van der Waals surface area contributed by atoms with Gasteiger partial charge in [-0.25, -0.2) is 8.78 Å². The Balaban J connectivity index is 1.48. The smallest absolute Gasteiger partial charge is 0.257 e. The maximum Gasteiger partial charge on any atom is 0.257 e. The van der Waals surface area contributed by atoms with E-state index in [1.54, 1.807) is 18.2 Å². The van der Waals surface area contributed by atoms with Crippen molar-refractivity contribution in [1.29, 1.82) is 0 Å². The maximum atomic E-state index is 13.5. The third-order valence-corrected chi connectivity index (χ3v) is 4.58. The van der Waals surface area contributed by atoms with Crippen molar-refractivity contribution in [2.45, 2.75) is 0 Å². The summed E-state index contributed by atoms with van der Waals surface area (Å²) in [5, 5.41) is 2.76. The SMILES string of the molecule is O=C1Nc2ccc(F)cc2/C1=C\N1CCN(c2ccc(F)cc2)CC1. The van der Waals surface area contributed by atoms with Crippen LogP contribution >= 0.6 is 0 Å². The van der Waals surface area contributed by atoms with E-state index in [0.29, 0.717) is 16.8 Å². The van der Waals surface area contributed by atoms with Crippen molar-refractivity contribution in [3.8, 4) is 0 Å². The van der Waals surface area contributed by atoms with Gasteiger partial charge in [-0.05, 0) is 42.5 Å². The van der Waals surface area contributed by atoms with Crippen molar-refractivity contribution in [2.75, 3.05) is 36.4 Å². The molecule has 2 aliphatic heterocycles. The van der Waals surface area contributed by atoms with Gasteiger partial charge in [-0.2, -0.15) is 0 Å². The van der Waals surface area contributed by atoms with Crippen LogP contribution < -0.4 is 10.2 Å². The van der Waals surface area contributed by atoms with E-state index in [1.165, 1.54) is 24.3 Å². The molecule has 128 valence electrons. The van der Waals surface area contributed by atoms with Crippen LogP contribution in [0.4, 0.5) is 20.2 Å². The van der Waals surface area contributed by atoms with E-state index in [-0.39, 0.29) is 17.5 Å². The summed E-state index contributed by atoms with van der Waals surface area (Å²) >= 11 is 0. The molecule has 1 fully saturated rings. The fourth-order valence-corrected chi connectivity index (χ4v) is 3.23. The summed E-state index contributed by atoms with van der Waals surface area (Å²) in [5.74, 6) is -0.811. The Morgan fingerprint density at radius 3 is 2.32 bits per heavy atom. The largest absolute Gasteiger partial charge is 0.373 e. The third-order valence-electron chi connectivity index (χ3n) is 4.58. The number of carbonyl (C=O) groups is 1. The Morgan fingerprint density at radius 1 is 0.920 bits per heavy atom. The molecular weight excluding hydrogens is 324 g/mol.